The highest BCUT2D eigenvalue weighted by Crippen LogP contribution is 2.82. The molecule has 5 nitrogen and oxygen atoms in total. The number of fused-ring (bicyclic) bond motifs is 3. The van der Waals surface area contributed by atoms with Crippen molar-refractivity contribution in [1.29, 1.82) is 0 Å². The van der Waals surface area contributed by atoms with Gasteiger partial charge in [0.2, 0.25) is 5.60 Å². The summed E-state index contributed by atoms with van der Waals surface area (Å²) < 4.78 is 12.8. The van der Waals surface area contributed by atoms with Crippen LogP contribution >= 0.6 is 22.7 Å². The number of hydrogen-bond donors (Lipinski definition) is 1. The molecule has 1 spiro atoms. The van der Waals surface area contributed by atoms with Crippen molar-refractivity contribution in [2.24, 2.45) is 11.8 Å². The quantitative estimate of drug-likeness (QED) is 0.482. The van der Waals surface area contributed by atoms with Crippen molar-refractivity contribution >= 4 is 28.6 Å². The predicted molar refractivity (Wildman–Crippen MR) is 101 cm³/mol. The molecule has 4 fully saturated rings. The van der Waals surface area contributed by atoms with Crippen LogP contribution in [0, 0.1) is 11.8 Å². The van der Waals surface area contributed by atoms with Crippen molar-refractivity contribution in [1.82, 2.24) is 0 Å². The minimum Gasteiger partial charge on any atom is -0.459 e. The molecule has 2 aromatic heterocycles. The minimum atomic E-state index is -1.72. The molecular weight excluding hydrogens is 382 g/mol. The van der Waals surface area contributed by atoms with Gasteiger partial charge in [0.05, 0.1) is 36.3 Å². The van der Waals surface area contributed by atoms with Crippen LogP contribution in [0.5, 0.6) is 0 Å². The molecule has 2 saturated heterocycles. The Labute approximate surface area is 165 Å². The lowest BCUT2D eigenvalue weighted by Gasteiger charge is -2.56. The third-order valence-electron chi connectivity index (χ3n) is 7.18. The highest BCUT2D eigenvalue weighted by molar-refractivity contribution is 7.12. The smallest absolute Gasteiger partial charge is 0.349 e. The maximum absolute atomic E-state index is 13.3. The SMILES string of the molecule is C[N+]1(C)CCC(OC(=O)C(O)(c2cccs2)c2cccs2)C2C3C4OC43C21. The van der Waals surface area contributed by atoms with Gasteiger partial charge >= 0.3 is 5.97 Å². The minimum absolute atomic E-state index is 0.0943. The van der Waals surface area contributed by atoms with Crippen molar-refractivity contribution < 1.29 is 23.9 Å². The average Bonchev–Trinajstić information content (AvgIpc) is 3.21. The molecule has 1 N–H and O–H groups in total. The normalized spacial score (nSPS) is 40.2. The molecule has 2 aromatic rings. The molecule has 0 aromatic carbocycles. The molecule has 0 amide bonds. The van der Waals surface area contributed by atoms with E-state index in [2.05, 4.69) is 14.1 Å². The summed E-state index contributed by atoms with van der Waals surface area (Å²) in [5.74, 6) is 0.362. The molecule has 2 aliphatic heterocycles. The maximum atomic E-state index is 13.3. The molecule has 6 atom stereocenters. The van der Waals surface area contributed by atoms with Gasteiger partial charge in [-0.3, -0.25) is 0 Å². The lowest BCUT2D eigenvalue weighted by molar-refractivity contribution is -0.936. The Balaban J connectivity index is 1.30. The molecule has 0 bridgehead atoms. The van der Waals surface area contributed by atoms with E-state index in [0.717, 1.165) is 17.4 Å². The Morgan fingerprint density at radius 2 is 1.96 bits per heavy atom. The summed E-state index contributed by atoms with van der Waals surface area (Å²) in [4.78, 5) is 14.5. The van der Waals surface area contributed by atoms with Gasteiger partial charge in [0, 0.05) is 12.3 Å². The first-order chi connectivity index (χ1) is 12.9. The van der Waals surface area contributed by atoms with Crippen LogP contribution < -0.4 is 0 Å². The number of rotatable bonds is 4. The Morgan fingerprint density at radius 1 is 1.30 bits per heavy atom. The Kier molecular flexibility index (Phi) is 3.10. The molecule has 7 heteroatoms. The number of carbonyl (C=O) groups is 1. The fourth-order valence-electron chi connectivity index (χ4n) is 5.85. The van der Waals surface area contributed by atoms with E-state index in [9.17, 15) is 9.90 Å². The van der Waals surface area contributed by atoms with Crippen molar-refractivity contribution in [2.45, 2.75) is 35.9 Å². The second kappa shape index (κ2) is 5.02. The van der Waals surface area contributed by atoms with E-state index in [1.807, 2.05) is 22.9 Å². The zero-order chi connectivity index (χ0) is 18.6. The number of quaternary nitrogens is 1. The monoisotopic (exact) mass is 404 g/mol. The van der Waals surface area contributed by atoms with Gasteiger partial charge < -0.3 is 19.1 Å². The van der Waals surface area contributed by atoms with E-state index >= 15 is 0 Å². The molecule has 4 heterocycles. The van der Waals surface area contributed by atoms with Crippen molar-refractivity contribution in [3.8, 4) is 0 Å². The van der Waals surface area contributed by atoms with E-state index in [1.54, 1.807) is 12.1 Å². The van der Waals surface area contributed by atoms with Crippen LogP contribution in [0.1, 0.15) is 16.2 Å². The van der Waals surface area contributed by atoms with Gasteiger partial charge in [0.25, 0.3) is 0 Å². The van der Waals surface area contributed by atoms with Gasteiger partial charge in [-0.25, -0.2) is 4.79 Å². The van der Waals surface area contributed by atoms with Crippen LogP contribution in [0.15, 0.2) is 35.0 Å². The van der Waals surface area contributed by atoms with Crippen molar-refractivity contribution in [3.05, 3.63) is 44.8 Å². The molecule has 6 rings (SSSR count). The summed E-state index contributed by atoms with van der Waals surface area (Å²) in [6.07, 6.45) is 1.09. The number of piperidine rings is 1. The molecule has 2 saturated carbocycles. The highest BCUT2D eigenvalue weighted by atomic mass is 32.1. The van der Waals surface area contributed by atoms with Gasteiger partial charge in [-0.15, -0.1) is 22.7 Å². The summed E-state index contributed by atoms with van der Waals surface area (Å²) in [6, 6.07) is 7.73. The van der Waals surface area contributed by atoms with Crippen molar-refractivity contribution in [3.63, 3.8) is 0 Å². The summed E-state index contributed by atoms with van der Waals surface area (Å²) in [5, 5.41) is 15.2. The molecular formula is C20H22NO4S2+. The fourth-order valence-corrected chi connectivity index (χ4v) is 7.56. The topological polar surface area (TPSA) is 59.1 Å². The summed E-state index contributed by atoms with van der Waals surface area (Å²) in [7, 11) is 4.51. The van der Waals surface area contributed by atoms with Crippen molar-refractivity contribution in [2.75, 3.05) is 20.6 Å². The van der Waals surface area contributed by atoms with E-state index in [-0.39, 0.29) is 11.7 Å². The summed E-state index contributed by atoms with van der Waals surface area (Å²) >= 11 is 2.76. The van der Waals surface area contributed by atoms with Gasteiger partial charge in [-0.05, 0) is 22.9 Å². The average molecular weight is 405 g/mol. The number of thiophene rings is 2. The number of epoxide rings is 1. The number of carbonyl (C=O) groups excluding carboxylic acids is 1. The van der Waals surface area contributed by atoms with Crippen LogP contribution in [0.25, 0.3) is 0 Å². The number of aliphatic hydroxyl groups is 1. The summed E-state index contributed by atoms with van der Waals surface area (Å²) in [5.41, 5.74) is -1.62. The number of esters is 1. The van der Waals surface area contributed by atoms with Gasteiger partial charge in [-0.2, -0.15) is 0 Å². The fraction of sp³-hybridized carbons (Fsp3) is 0.550. The third kappa shape index (κ3) is 1.92. The zero-order valence-electron chi connectivity index (χ0n) is 15.2. The molecule has 142 valence electrons. The molecule has 4 aliphatic rings. The first-order valence-electron chi connectivity index (χ1n) is 9.42. The standard InChI is InChI=1S/C20H22NO4S2/c1-21(2)8-7-11(14-15-17-20(15,25-17)16(14)21)24-18(22)19(23,12-5-3-9-26-12)13-6-4-10-27-13/h3-6,9-11,14-17,23H,7-8H2,1-2H3/q+1. The van der Waals surface area contributed by atoms with Crippen LogP contribution in [0.3, 0.4) is 0 Å². The number of nitrogens with zero attached hydrogens (tertiary/aromatic N) is 1. The van der Waals surface area contributed by atoms with Crippen LogP contribution in [0.4, 0.5) is 0 Å². The van der Waals surface area contributed by atoms with E-state index in [1.165, 1.54) is 22.7 Å². The van der Waals surface area contributed by atoms with Gasteiger partial charge in [-0.1, -0.05) is 12.1 Å². The van der Waals surface area contributed by atoms with Crippen LogP contribution in [0.2, 0.25) is 0 Å². The first kappa shape index (κ1) is 16.7. The molecule has 2 aliphatic carbocycles. The second-order valence-electron chi connectivity index (χ2n) is 8.84. The molecule has 6 unspecified atom stereocenters. The van der Waals surface area contributed by atoms with Gasteiger partial charge in [0.1, 0.15) is 18.2 Å². The van der Waals surface area contributed by atoms with E-state index < -0.39 is 11.6 Å². The predicted octanol–water partition coefficient (Wildman–Crippen LogP) is 2.20. The molecule has 27 heavy (non-hydrogen) atoms. The molecule has 0 radical (unpaired) electrons. The third-order valence-corrected chi connectivity index (χ3v) is 9.14. The zero-order valence-corrected chi connectivity index (χ0v) is 16.8. The lowest BCUT2D eigenvalue weighted by atomic mass is 9.68. The highest BCUT2D eigenvalue weighted by Gasteiger charge is 3.00. The summed E-state index contributed by atoms with van der Waals surface area (Å²) in [6.45, 7) is 0.958. The van der Waals surface area contributed by atoms with Crippen LogP contribution in [-0.4, -0.2) is 60.0 Å². The number of likely N-dealkylation sites (tertiary alicyclic amines) is 1. The maximum Gasteiger partial charge on any atom is 0.349 e. The van der Waals surface area contributed by atoms with E-state index in [4.69, 9.17) is 9.47 Å². The Morgan fingerprint density at radius 3 is 2.52 bits per heavy atom. The Hall–Kier alpha value is -1.25. The second-order valence-corrected chi connectivity index (χ2v) is 10.7. The van der Waals surface area contributed by atoms with Crippen LogP contribution in [-0.2, 0) is 19.9 Å². The first-order valence-corrected chi connectivity index (χ1v) is 11.2. The Bertz CT molecular complexity index is 874. The largest absolute Gasteiger partial charge is 0.459 e. The number of hydrogen-bond acceptors (Lipinski definition) is 6. The lowest BCUT2D eigenvalue weighted by Crippen LogP contribution is -2.71. The van der Waals surface area contributed by atoms with E-state index in [0.29, 0.717) is 33.7 Å². The number of ether oxygens (including phenoxy) is 2. The number of likely N-dealkylation sites (N-methyl/N-ethyl adjacent to an activating group) is 1. The van der Waals surface area contributed by atoms with Gasteiger partial charge in [0.15, 0.2) is 5.60 Å².